The first-order chi connectivity index (χ1) is 9.65. The zero-order valence-electron chi connectivity index (χ0n) is 13.2. The maximum Gasteiger partial charge on any atom is 0.315 e. The summed E-state index contributed by atoms with van der Waals surface area (Å²) in [6.07, 6.45) is 3.27. The molecule has 0 radical (unpaired) electrons. The van der Waals surface area contributed by atoms with E-state index in [1.807, 2.05) is 0 Å². The van der Waals surface area contributed by atoms with E-state index in [-0.39, 0.29) is 18.2 Å². The molecule has 1 heterocycles. The van der Waals surface area contributed by atoms with Gasteiger partial charge in [-0.2, -0.15) is 0 Å². The molecule has 1 aliphatic carbocycles. The van der Waals surface area contributed by atoms with Gasteiger partial charge in [0.05, 0.1) is 23.1 Å². The molecule has 0 aromatic carbocycles. The number of ether oxygens (including phenoxy) is 1. The van der Waals surface area contributed by atoms with Crippen molar-refractivity contribution in [3.63, 3.8) is 0 Å². The van der Waals surface area contributed by atoms with Gasteiger partial charge in [-0.25, -0.2) is 4.79 Å². The summed E-state index contributed by atoms with van der Waals surface area (Å²) in [6.45, 7) is 7.35. The Labute approximate surface area is 125 Å². The van der Waals surface area contributed by atoms with Gasteiger partial charge in [0.25, 0.3) is 0 Å². The molecule has 2 amide bonds. The van der Waals surface area contributed by atoms with Crippen LogP contribution in [0.4, 0.5) is 4.79 Å². The summed E-state index contributed by atoms with van der Waals surface area (Å²) in [5, 5.41) is 15.1. The van der Waals surface area contributed by atoms with E-state index < -0.39 is 16.9 Å². The lowest BCUT2D eigenvalue weighted by Gasteiger charge is -2.39. The highest BCUT2D eigenvalue weighted by atomic mass is 16.5. The molecule has 0 spiro atoms. The molecule has 21 heavy (non-hydrogen) atoms. The molecule has 0 aromatic heterocycles. The lowest BCUT2D eigenvalue weighted by molar-refractivity contribution is -0.150. The number of hydrogen-bond donors (Lipinski definition) is 3. The Kier molecular flexibility index (Phi) is 4.19. The molecule has 2 atom stereocenters. The fourth-order valence-electron chi connectivity index (χ4n) is 2.57. The monoisotopic (exact) mass is 298 g/mol. The van der Waals surface area contributed by atoms with E-state index in [2.05, 4.69) is 10.6 Å². The Morgan fingerprint density at radius 3 is 2.29 bits per heavy atom. The van der Waals surface area contributed by atoms with Crippen LogP contribution in [0, 0.1) is 11.3 Å². The lowest BCUT2D eigenvalue weighted by Crippen LogP contribution is -2.60. The fraction of sp³-hybridized carbons (Fsp3) is 0.867. The molecule has 2 fully saturated rings. The van der Waals surface area contributed by atoms with E-state index in [1.54, 1.807) is 27.7 Å². The van der Waals surface area contributed by atoms with Crippen molar-refractivity contribution in [3.05, 3.63) is 0 Å². The molecule has 2 rings (SSSR count). The van der Waals surface area contributed by atoms with Crippen molar-refractivity contribution in [2.75, 3.05) is 6.61 Å². The summed E-state index contributed by atoms with van der Waals surface area (Å²) in [6, 6.07) is -0.295. The maximum absolute atomic E-state index is 12.2. The normalized spacial score (nSPS) is 26.5. The summed E-state index contributed by atoms with van der Waals surface area (Å²) in [4.78, 5) is 23.6. The van der Waals surface area contributed by atoms with Crippen LogP contribution in [0.15, 0.2) is 0 Å². The van der Waals surface area contributed by atoms with Crippen molar-refractivity contribution in [3.8, 4) is 0 Å². The first kappa shape index (κ1) is 16.1. The van der Waals surface area contributed by atoms with Crippen LogP contribution in [-0.4, -0.2) is 41.4 Å². The molecule has 120 valence electrons. The van der Waals surface area contributed by atoms with Crippen LogP contribution < -0.4 is 10.6 Å². The van der Waals surface area contributed by atoms with Crippen LogP contribution in [0.3, 0.4) is 0 Å². The largest absolute Gasteiger partial charge is 0.481 e. The molecule has 2 unspecified atom stereocenters. The van der Waals surface area contributed by atoms with E-state index in [9.17, 15) is 14.7 Å². The average molecular weight is 298 g/mol. The van der Waals surface area contributed by atoms with Gasteiger partial charge in [0.2, 0.25) is 0 Å². The second kappa shape index (κ2) is 5.48. The molecular formula is C15H26N2O4. The number of urea groups is 1. The van der Waals surface area contributed by atoms with E-state index in [4.69, 9.17) is 4.74 Å². The summed E-state index contributed by atoms with van der Waals surface area (Å²) in [5.74, 6) is -0.367. The van der Waals surface area contributed by atoms with Gasteiger partial charge < -0.3 is 20.5 Å². The molecule has 2 aliphatic rings. The minimum Gasteiger partial charge on any atom is -0.481 e. The Balaban J connectivity index is 1.93. The number of hydrogen-bond acceptors (Lipinski definition) is 3. The number of nitrogens with one attached hydrogen (secondary N) is 2. The smallest absolute Gasteiger partial charge is 0.315 e. The molecule has 0 bridgehead atoms. The highest BCUT2D eigenvalue weighted by Gasteiger charge is 2.46. The second-order valence-corrected chi connectivity index (χ2v) is 7.22. The zero-order chi connectivity index (χ0) is 15.8. The van der Waals surface area contributed by atoms with Gasteiger partial charge in [0.1, 0.15) is 0 Å². The number of carboxylic acid groups (broad SMARTS) is 1. The Bertz CT molecular complexity index is 429. The molecule has 6 nitrogen and oxygen atoms in total. The third-order valence-corrected chi connectivity index (χ3v) is 5.06. The van der Waals surface area contributed by atoms with E-state index >= 15 is 0 Å². The maximum atomic E-state index is 12.2. The van der Waals surface area contributed by atoms with Gasteiger partial charge in [-0.15, -0.1) is 0 Å². The number of carbonyl (C=O) groups is 2. The van der Waals surface area contributed by atoms with Crippen LogP contribution in [-0.2, 0) is 9.53 Å². The number of amides is 2. The highest BCUT2D eigenvalue weighted by molar-refractivity contribution is 5.79. The number of rotatable bonds is 5. The van der Waals surface area contributed by atoms with E-state index in [0.717, 1.165) is 6.42 Å². The minimum atomic E-state index is -1.06. The number of aliphatic carboxylic acids is 1. The van der Waals surface area contributed by atoms with Crippen molar-refractivity contribution >= 4 is 12.0 Å². The standard InChI is InChI=1S/C15H26N2O4/c1-14(2,12(18)19)15(3,4)17-13(20)16-10-7-8-21-11(10)9-5-6-9/h9-11H,5-8H2,1-4H3,(H,18,19)(H2,16,17,20). The summed E-state index contributed by atoms with van der Waals surface area (Å²) >= 11 is 0. The van der Waals surface area contributed by atoms with Crippen LogP contribution in [0.25, 0.3) is 0 Å². The highest BCUT2D eigenvalue weighted by Crippen LogP contribution is 2.38. The Hall–Kier alpha value is -1.30. The Morgan fingerprint density at radius 1 is 1.14 bits per heavy atom. The molecule has 3 N–H and O–H groups in total. The SMILES string of the molecule is CC(C)(NC(=O)NC1CCOC1C1CC1)C(C)(C)C(=O)O. The average Bonchev–Trinajstić information content (AvgIpc) is 3.09. The zero-order valence-corrected chi connectivity index (χ0v) is 13.2. The predicted molar refractivity (Wildman–Crippen MR) is 78.0 cm³/mol. The van der Waals surface area contributed by atoms with Crippen molar-refractivity contribution in [1.29, 1.82) is 0 Å². The van der Waals surface area contributed by atoms with Crippen molar-refractivity contribution in [2.45, 2.75) is 64.6 Å². The lowest BCUT2D eigenvalue weighted by atomic mass is 9.74. The van der Waals surface area contributed by atoms with Crippen LogP contribution in [0.5, 0.6) is 0 Å². The van der Waals surface area contributed by atoms with Gasteiger partial charge >= 0.3 is 12.0 Å². The van der Waals surface area contributed by atoms with Crippen LogP contribution in [0.2, 0.25) is 0 Å². The van der Waals surface area contributed by atoms with E-state index in [1.165, 1.54) is 12.8 Å². The predicted octanol–water partition coefficient (Wildman–Crippen LogP) is 1.74. The Morgan fingerprint density at radius 2 is 1.76 bits per heavy atom. The first-order valence-electron chi connectivity index (χ1n) is 7.59. The fourth-order valence-corrected chi connectivity index (χ4v) is 2.57. The molecule has 1 saturated heterocycles. The third-order valence-electron chi connectivity index (χ3n) is 5.06. The molecule has 1 aliphatic heterocycles. The summed E-state index contributed by atoms with van der Waals surface area (Å²) < 4.78 is 5.69. The van der Waals surface area contributed by atoms with Gasteiger partial charge in [0.15, 0.2) is 0 Å². The molecule has 6 heteroatoms. The van der Waals surface area contributed by atoms with E-state index in [0.29, 0.717) is 12.5 Å². The number of carbonyl (C=O) groups excluding carboxylic acids is 1. The quantitative estimate of drug-likeness (QED) is 0.721. The summed E-state index contributed by atoms with van der Waals surface area (Å²) in [5.41, 5.74) is -1.93. The topological polar surface area (TPSA) is 87.7 Å². The molecule has 0 aromatic rings. The minimum absolute atomic E-state index is 0.0289. The van der Waals surface area contributed by atoms with Crippen molar-refractivity contribution < 1.29 is 19.4 Å². The van der Waals surface area contributed by atoms with Gasteiger partial charge in [0, 0.05) is 6.61 Å². The molecular weight excluding hydrogens is 272 g/mol. The molecule has 1 saturated carbocycles. The van der Waals surface area contributed by atoms with Gasteiger partial charge in [-0.1, -0.05) is 0 Å². The third kappa shape index (κ3) is 3.31. The second-order valence-electron chi connectivity index (χ2n) is 7.22. The van der Waals surface area contributed by atoms with Gasteiger partial charge in [-0.3, -0.25) is 4.79 Å². The summed E-state index contributed by atoms with van der Waals surface area (Å²) in [7, 11) is 0. The first-order valence-corrected chi connectivity index (χ1v) is 7.59. The van der Waals surface area contributed by atoms with Crippen molar-refractivity contribution in [2.24, 2.45) is 11.3 Å². The van der Waals surface area contributed by atoms with Crippen LogP contribution >= 0.6 is 0 Å². The number of carboxylic acids is 1. The van der Waals surface area contributed by atoms with Crippen LogP contribution in [0.1, 0.15) is 47.0 Å². The van der Waals surface area contributed by atoms with Gasteiger partial charge in [-0.05, 0) is 52.9 Å². The van der Waals surface area contributed by atoms with Crippen molar-refractivity contribution in [1.82, 2.24) is 10.6 Å².